The summed E-state index contributed by atoms with van der Waals surface area (Å²) >= 11 is 0. The zero-order chi connectivity index (χ0) is 20.2. The Kier molecular flexibility index (Phi) is 3.99. The first kappa shape index (κ1) is 18.2. The fraction of sp³-hybridized carbons (Fsp3) is 0.333. The molecule has 0 saturated heterocycles. The molecule has 0 N–H and O–H groups in total. The Morgan fingerprint density at radius 1 is 0.862 bits per heavy atom. The number of benzene rings is 1. The maximum Gasteiger partial charge on any atom is 0.518 e. The number of aromatic nitrogens is 2. The monoisotopic (exact) mass is 383 g/mol. The summed E-state index contributed by atoms with van der Waals surface area (Å²) in [6.07, 6.45) is 6.29. The Bertz CT molecular complexity index is 1060. The van der Waals surface area contributed by atoms with Crippen LogP contribution in [0.3, 0.4) is 0 Å². The second kappa shape index (κ2) is 6.34. The van der Waals surface area contributed by atoms with Crippen molar-refractivity contribution in [1.29, 1.82) is 0 Å². The predicted molar refractivity (Wildman–Crippen MR) is 120 cm³/mol. The van der Waals surface area contributed by atoms with Crippen LogP contribution in [0, 0.1) is 0 Å². The minimum absolute atomic E-state index is 0.00267. The summed E-state index contributed by atoms with van der Waals surface area (Å²) in [7, 11) is 0. The Morgan fingerprint density at radius 2 is 1.55 bits per heavy atom. The molecule has 5 heteroatoms. The van der Waals surface area contributed by atoms with Crippen LogP contribution < -0.4 is 14.2 Å². The molecule has 2 aliphatic heterocycles. The lowest BCUT2D eigenvalue weighted by atomic mass is 9.39. The molecule has 0 spiro atoms. The molecule has 0 aliphatic carbocycles. The van der Waals surface area contributed by atoms with E-state index >= 15 is 0 Å². The van der Waals surface area contributed by atoms with E-state index < -0.39 is 0 Å². The summed E-state index contributed by atoms with van der Waals surface area (Å²) in [5.74, 6) is 2.26. The van der Waals surface area contributed by atoms with Crippen LogP contribution in [0.25, 0.3) is 0 Å². The van der Waals surface area contributed by atoms with Gasteiger partial charge in [-0.2, -0.15) is 0 Å². The average Bonchev–Trinajstić information content (AvgIpc) is 3.14. The molecule has 0 amide bonds. The van der Waals surface area contributed by atoms with Gasteiger partial charge in [-0.15, -0.1) is 0 Å². The highest BCUT2D eigenvalue weighted by Crippen LogP contribution is 2.60. The van der Waals surface area contributed by atoms with E-state index in [1.165, 1.54) is 17.2 Å². The van der Waals surface area contributed by atoms with Gasteiger partial charge in [0.05, 0.1) is 17.2 Å². The van der Waals surface area contributed by atoms with Crippen LogP contribution >= 0.6 is 0 Å². The summed E-state index contributed by atoms with van der Waals surface area (Å²) < 4.78 is 2.51. The smallest absolute Gasteiger partial charge is 0.324 e. The van der Waals surface area contributed by atoms with Gasteiger partial charge in [-0.1, -0.05) is 45.0 Å². The molecule has 2 aliphatic rings. The lowest BCUT2D eigenvalue weighted by Gasteiger charge is -2.51. The normalized spacial score (nSPS) is 24.9. The topological polar surface area (TPSA) is 23.3 Å². The first-order valence-corrected chi connectivity index (χ1v) is 10.7. The maximum absolute atomic E-state index is 4.77. The quantitative estimate of drug-likeness (QED) is 0.443. The van der Waals surface area contributed by atoms with Gasteiger partial charge in [0.2, 0.25) is 0 Å². The van der Waals surface area contributed by atoms with Crippen molar-refractivity contribution < 1.29 is 4.57 Å². The van der Waals surface area contributed by atoms with Gasteiger partial charge in [0.15, 0.2) is 0 Å². The molecular formula is C24H28BN4+. The average molecular weight is 383 g/mol. The number of hydrogen-bond donors (Lipinski definition) is 0. The number of fused-ring (bicyclic) bond motifs is 5. The highest BCUT2D eigenvalue weighted by Gasteiger charge is 2.70. The van der Waals surface area contributed by atoms with Gasteiger partial charge in [-0.3, -0.25) is 4.81 Å². The van der Waals surface area contributed by atoms with Crippen LogP contribution in [0.4, 0.5) is 23.0 Å². The SMILES string of the molecule is CCC1(C)B2N(c3ccccn3)c3ccccc3N2c2cccc[n+]2C1(C)CC. The molecule has 4 heterocycles. The second-order valence-electron chi connectivity index (χ2n) is 8.62. The maximum atomic E-state index is 4.77. The molecule has 3 aromatic rings. The summed E-state index contributed by atoms with van der Waals surface area (Å²) in [5.41, 5.74) is 2.46. The molecule has 29 heavy (non-hydrogen) atoms. The standard InChI is InChI=1S/C24H28BN4/c1-5-23(3)24(4,6-2)27-18-12-10-16-22(27)29-20-14-8-7-13-19(20)28(25(23)29)21-15-9-11-17-26-21/h7-18H,5-6H2,1-4H3/q+1. The van der Waals surface area contributed by atoms with Gasteiger partial charge in [0.1, 0.15) is 17.0 Å². The summed E-state index contributed by atoms with van der Waals surface area (Å²) in [6, 6.07) is 21.5. The fourth-order valence-electron chi connectivity index (χ4n) is 5.55. The summed E-state index contributed by atoms with van der Waals surface area (Å²) in [6.45, 7) is 9.70. The lowest BCUT2D eigenvalue weighted by molar-refractivity contribution is -0.758. The molecule has 0 fully saturated rings. The highest BCUT2D eigenvalue weighted by atomic mass is 15.4. The van der Waals surface area contributed by atoms with Crippen molar-refractivity contribution in [2.24, 2.45) is 0 Å². The molecule has 5 rings (SSSR count). The third kappa shape index (κ3) is 2.21. The van der Waals surface area contributed by atoms with Gasteiger partial charge < -0.3 is 4.81 Å². The van der Waals surface area contributed by atoms with Gasteiger partial charge in [-0.25, -0.2) is 9.55 Å². The van der Waals surface area contributed by atoms with E-state index in [-0.39, 0.29) is 17.8 Å². The van der Waals surface area contributed by atoms with Crippen molar-refractivity contribution in [2.45, 2.75) is 51.4 Å². The van der Waals surface area contributed by atoms with Crippen LogP contribution in [0.5, 0.6) is 0 Å². The van der Waals surface area contributed by atoms with Crippen LogP contribution in [0.15, 0.2) is 73.1 Å². The zero-order valence-electron chi connectivity index (χ0n) is 17.7. The van der Waals surface area contributed by atoms with Crippen molar-refractivity contribution in [1.82, 2.24) is 4.98 Å². The van der Waals surface area contributed by atoms with Crippen molar-refractivity contribution in [3.8, 4) is 0 Å². The lowest BCUT2D eigenvalue weighted by Crippen LogP contribution is -2.74. The van der Waals surface area contributed by atoms with Crippen molar-refractivity contribution >= 4 is 30.0 Å². The molecule has 146 valence electrons. The number of hydrogen-bond acceptors (Lipinski definition) is 3. The van der Waals surface area contributed by atoms with E-state index in [0.717, 1.165) is 18.7 Å². The van der Waals surface area contributed by atoms with Crippen molar-refractivity contribution in [2.75, 3.05) is 9.62 Å². The number of rotatable bonds is 3. The molecule has 4 nitrogen and oxygen atoms in total. The highest BCUT2D eigenvalue weighted by molar-refractivity contribution is 6.76. The van der Waals surface area contributed by atoms with E-state index in [2.05, 4.69) is 103 Å². The van der Waals surface area contributed by atoms with E-state index in [1.54, 1.807) is 0 Å². The van der Waals surface area contributed by atoms with Gasteiger partial charge in [-0.05, 0) is 50.1 Å². The Balaban J connectivity index is 1.86. The van der Waals surface area contributed by atoms with E-state index in [1.807, 2.05) is 12.3 Å². The zero-order valence-corrected chi connectivity index (χ0v) is 17.7. The number of para-hydroxylation sites is 2. The Hall–Kier alpha value is -2.82. The first-order valence-electron chi connectivity index (χ1n) is 10.7. The van der Waals surface area contributed by atoms with Crippen LogP contribution in [-0.4, -0.2) is 12.0 Å². The fourth-order valence-corrected chi connectivity index (χ4v) is 5.55. The molecule has 2 atom stereocenters. The Morgan fingerprint density at radius 3 is 2.21 bits per heavy atom. The number of anilines is 4. The van der Waals surface area contributed by atoms with E-state index in [0.29, 0.717) is 0 Å². The third-order valence-electron chi connectivity index (χ3n) is 7.63. The summed E-state index contributed by atoms with van der Waals surface area (Å²) in [5, 5.41) is -0.00267. The molecule has 1 aromatic carbocycles. The molecular weight excluding hydrogens is 355 g/mol. The van der Waals surface area contributed by atoms with Gasteiger partial charge >= 0.3 is 6.98 Å². The Labute approximate surface area is 173 Å². The first-order chi connectivity index (χ1) is 14.1. The number of pyridine rings is 2. The van der Waals surface area contributed by atoms with E-state index in [9.17, 15) is 0 Å². The minimum atomic E-state index is -0.0193. The third-order valence-corrected chi connectivity index (χ3v) is 7.63. The van der Waals surface area contributed by atoms with Crippen LogP contribution in [0.1, 0.15) is 40.5 Å². The van der Waals surface area contributed by atoms with Crippen molar-refractivity contribution in [3.05, 3.63) is 73.1 Å². The largest absolute Gasteiger partial charge is 0.518 e. The molecule has 2 unspecified atom stereocenters. The molecule has 0 bridgehead atoms. The molecule has 2 aromatic heterocycles. The number of nitrogens with zero attached hydrogens (tertiary/aromatic N) is 4. The van der Waals surface area contributed by atoms with E-state index in [4.69, 9.17) is 4.98 Å². The van der Waals surface area contributed by atoms with Crippen molar-refractivity contribution in [3.63, 3.8) is 0 Å². The van der Waals surface area contributed by atoms with Crippen LogP contribution in [-0.2, 0) is 5.54 Å². The van der Waals surface area contributed by atoms with Gasteiger partial charge in [0, 0.05) is 12.3 Å². The van der Waals surface area contributed by atoms with Crippen LogP contribution in [0.2, 0.25) is 5.31 Å². The molecule has 0 radical (unpaired) electrons. The minimum Gasteiger partial charge on any atom is -0.324 e. The predicted octanol–water partition coefficient (Wildman–Crippen LogP) is 5.46. The second-order valence-corrected chi connectivity index (χ2v) is 8.62. The summed E-state index contributed by atoms with van der Waals surface area (Å²) in [4.78, 5) is 9.77. The molecule has 0 saturated carbocycles. The van der Waals surface area contributed by atoms with Gasteiger partial charge in [0.25, 0.3) is 5.82 Å².